The summed E-state index contributed by atoms with van der Waals surface area (Å²) in [6, 6.07) is 10.0. The van der Waals surface area contributed by atoms with Gasteiger partial charge in [-0.15, -0.1) is 0 Å². The second-order valence-corrected chi connectivity index (χ2v) is 4.10. The van der Waals surface area contributed by atoms with Crippen molar-refractivity contribution in [2.75, 3.05) is 25.6 Å². The predicted molar refractivity (Wildman–Crippen MR) is 75.3 cm³/mol. The molecule has 0 aliphatic carbocycles. The van der Waals surface area contributed by atoms with Crippen LogP contribution >= 0.6 is 0 Å². The first-order valence-electron chi connectivity index (χ1n) is 5.93. The molecule has 5 heteroatoms. The minimum absolute atomic E-state index is 0.303. The van der Waals surface area contributed by atoms with Gasteiger partial charge in [-0.1, -0.05) is 43.0 Å². The molecule has 0 unspecified atom stereocenters. The summed E-state index contributed by atoms with van der Waals surface area (Å²) in [4.78, 5) is 14.8. The molecule has 0 saturated carbocycles. The third kappa shape index (κ3) is 3.28. The number of ether oxygens (including phenoxy) is 1. The number of nitrogens with zero attached hydrogens (tertiary/aromatic N) is 4. The summed E-state index contributed by atoms with van der Waals surface area (Å²) < 4.78 is 5.40. The quantitative estimate of drug-likeness (QED) is 0.767. The Kier molecular flexibility index (Phi) is 4.07. The van der Waals surface area contributed by atoms with Gasteiger partial charge in [0.1, 0.15) is 6.61 Å². The van der Waals surface area contributed by atoms with E-state index < -0.39 is 0 Å². The average molecular weight is 256 g/mol. The fraction of sp³-hybridized carbons (Fsp3) is 0.214. The minimum Gasteiger partial charge on any atom is -0.459 e. The lowest BCUT2D eigenvalue weighted by Crippen LogP contribution is -2.15. The number of hydrogen-bond acceptors (Lipinski definition) is 5. The lowest BCUT2D eigenvalue weighted by Gasteiger charge is -2.12. The maximum Gasteiger partial charge on any atom is 0.322 e. The molecule has 98 valence electrons. The first kappa shape index (κ1) is 13.0. The van der Waals surface area contributed by atoms with Crippen LogP contribution in [0.25, 0.3) is 11.4 Å². The number of hydrogen-bond donors (Lipinski definition) is 0. The van der Waals surface area contributed by atoms with Crippen LogP contribution in [0.2, 0.25) is 0 Å². The molecular formula is C14H16N4O. The van der Waals surface area contributed by atoms with Gasteiger partial charge in [0.15, 0.2) is 5.82 Å². The third-order valence-corrected chi connectivity index (χ3v) is 2.37. The van der Waals surface area contributed by atoms with Crippen molar-refractivity contribution in [3.8, 4) is 17.4 Å². The normalized spacial score (nSPS) is 10.0. The van der Waals surface area contributed by atoms with Gasteiger partial charge in [-0.2, -0.15) is 15.0 Å². The fourth-order valence-corrected chi connectivity index (χ4v) is 1.46. The SMILES string of the molecule is C=CCOc1nc(-c2ccccc2)nc(N(C)C)n1. The van der Waals surface area contributed by atoms with Gasteiger partial charge in [0.25, 0.3) is 0 Å². The summed E-state index contributed by atoms with van der Waals surface area (Å²) in [5, 5.41) is 0. The maximum atomic E-state index is 5.40. The molecule has 0 aliphatic rings. The van der Waals surface area contributed by atoms with E-state index in [0.29, 0.717) is 24.4 Å². The Balaban J connectivity index is 2.42. The summed E-state index contributed by atoms with van der Waals surface area (Å²) in [6.07, 6.45) is 1.65. The average Bonchev–Trinajstić information content (AvgIpc) is 2.45. The minimum atomic E-state index is 0.303. The molecule has 1 heterocycles. The Morgan fingerprint density at radius 1 is 1.16 bits per heavy atom. The molecule has 0 aliphatic heterocycles. The Morgan fingerprint density at radius 2 is 1.89 bits per heavy atom. The van der Waals surface area contributed by atoms with Gasteiger partial charge >= 0.3 is 6.01 Å². The van der Waals surface area contributed by atoms with Gasteiger partial charge in [0.2, 0.25) is 5.95 Å². The van der Waals surface area contributed by atoms with Crippen molar-refractivity contribution >= 4 is 5.95 Å². The van der Waals surface area contributed by atoms with Gasteiger partial charge in [0, 0.05) is 19.7 Å². The van der Waals surface area contributed by atoms with E-state index in [9.17, 15) is 0 Å². The zero-order valence-electron chi connectivity index (χ0n) is 11.1. The van der Waals surface area contributed by atoms with E-state index in [0.717, 1.165) is 5.56 Å². The summed E-state index contributed by atoms with van der Waals surface area (Å²) in [5.41, 5.74) is 0.927. The summed E-state index contributed by atoms with van der Waals surface area (Å²) in [7, 11) is 3.75. The number of anilines is 1. The lowest BCUT2D eigenvalue weighted by atomic mass is 10.2. The van der Waals surface area contributed by atoms with Crippen LogP contribution in [-0.2, 0) is 0 Å². The van der Waals surface area contributed by atoms with E-state index >= 15 is 0 Å². The lowest BCUT2D eigenvalue weighted by molar-refractivity contribution is 0.332. The highest BCUT2D eigenvalue weighted by atomic mass is 16.5. The van der Waals surface area contributed by atoms with E-state index in [-0.39, 0.29) is 0 Å². The highest BCUT2D eigenvalue weighted by Gasteiger charge is 2.10. The van der Waals surface area contributed by atoms with Crippen molar-refractivity contribution < 1.29 is 4.74 Å². The molecule has 1 aromatic carbocycles. The zero-order valence-corrected chi connectivity index (χ0v) is 11.1. The summed E-state index contributed by atoms with van der Waals surface area (Å²) >= 11 is 0. The zero-order chi connectivity index (χ0) is 13.7. The van der Waals surface area contributed by atoms with E-state index in [1.54, 1.807) is 6.08 Å². The molecule has 0 amide bonds. The number of rotatable bonds is 5. The van der Waals surface area contributed by atoms with Crippen LogP contribution in [0.15, 0.2) is 43.0 Å². The van der Waals surface area contributed by atoms with Crippen molar-refractivity contribution in [2.45, 2.75) is 0 Å². The molecule has 0 N–H and O–H groups in total. The third-order valence-electron chi connectivity index (χ3n) is 2.37. The monoisotopic (exact) mass is 256 g/mol. The second kappa shape index (κ2) is 5.95. The number of benzene rings is 1. The molecule has 5 nitrogen and oxygen atoms in total. The van der Waals surface area contributed by atoms with Crippen LogP contribution in [0, 0.1) is 0 Å². The van der Waals surface area contributed by atoms with Gasteiger partial charge in [0.05, 0.1) is 0 Å². The molecule has 0 bridgehead atoms. The first-order chi connectivity index (χ1) is 9.20. The van der Waals surface area contributed by atoms with Crippen LogP contribution in [0.5, 0.6) is 6.01 Å². The Labute approximate surface area is 112 Å². The van der Waals surface area contributed by atoms with Gasteiger partial charge < -0.3 is 9.64 Å². The maximum absolute atomic E-state index is 5.40. The van der Waals surface area contributed by atoms with Crippen molar-refractivity contribution in [1.29, 1.82) is 0 Å². The second-order valence-electron chi connectivity index (χ2n) is 4.10. The van der Waals surface area contributed by atoms with Crippen molar-refractivity contribution in [3.63, 3.8) is 0 Å². The Morgan fingerprint density at radius 3 is 2.53 bits per heavy atom. The molecule has 0 fully saturated rings. The van der Waals surface area contributed by atoms with Crippen LogP contribution < -0.4 is 9.64 Å². The summed E-state index contributed by atoms with van der Waals surface area (Å²) in [5.74, 6) is 1.16. The fourth-order valence-electron chi connectivity index (χ4n) is 1.46. The largest absolute Gasteiger partial charge is 0.459 e. The van der Waals surface area contributed by atoms with Crippen molar-refractivity contribution in [2.24, 2.45) is 0 Å². The first-order valence-corrected chi connectivity index (χ1v) is 5.93. The molecule has 0 radical (unpaired) electrons. The van der Waals surface area contributed by atoms with Gasteiger partial charge in [-0.05, 0) is 0 Å². The highest BCUT2D eigenvalue weighted by molar-refractivity contribution is 5.56. The van der Waals surface area contributed by atoms with Crippen LogP contribution in [0.4, 0.5) is 5.95 Å². The van der Waals surface area contributed by atoms with Crippen LogP contribution in [-0.4, -0.2) is 35.7 Å². The van der Waals surface area contributed by atoms with E-state index in [1.165, 1.54) is 0 Å². The van der Waals surface area contributed by atoms with Crippen LogP contribution in [0.3, 0.4) is 0 Å². The van der Waals surface area contributed by atoms with E-state index in [2.05, 4.69) is 21.5 Å². The van der Waals surface area contributed by atoms with Crippen LogP contribution in [0.1, 0.15) is 0 Å². The van der Waals surface area contributed by atoms with Crippen molar-refractivity contribution in [3.05, 3.63) is 43.0 Å². The van der Waals surface area contributed by atoms with E-state index in [1.807, 2.05) is 49.3 Å². The Bertz CT molecular complexity index is 555. The molecule has 2 aromatic rings. The standard InChI is InChI=1S/C14H16N4O/c1-4-10-19-14-16-12(11-8-6-5-7-9-11)15-13(17-14)18(2)3/h4-9H,1,10H2,2-3H3. The highest BCUT2D eigenvalue weighted by Crippen LogP contribution is 2.19. The molecule has 2 rings (SSSR count). The van der Waals surface area contributed by atoms with Crippen molar-refractivity contribution in [1.82, 2.24) is 15.0 Å². The summed E-state index contributed by atoms with van der Waals surface area (Å²) in [6.45, 7) is 3.97. The molecule has 19 heavy (non-hydrogen) atoms. The van der Waals surface area contributed by atoms with E-state index in [4.69, 9.17) is 4.74 Å². The molecule has 0 saturated heterocycles. The molecular weight excluding hydrogens is 240 g/mol. The topological polar surface area (TPSA) is 51.1 Å². The molecule has 0 spiro atoms. The molecule has 0 atom stereocenters. The van der Waals surface area contributed by atoms with Gasteiger partial charge in [-0.25, -0.2) is 0 Å². The predicted octanol–water partition coefficient (Wildman–Crippen LogP) is 2.17. The smallest absolute Gasteiger partial charge is 0.322 e. The van der Waals surface area contributed by atoms with Gasteiger partial charge in [-0.3, -0.25) is 0 Å². The molecule has 1 aromatic heterocycles. The Hall–Kier alpha value is -2.43. The number of aromatic nitrogens is 3.